The Labute approximate surface area is 122 Å². The number of rotatable bonds is 5. The number of phenols is 1. The van der Waals surface area contributed by atoms with Gasteiger partial charge < -0.3 is 10.2 Å². The third-order valence-electron chi connectivity index (χ3n) is 2.97. The number of hydrogen-bond donors (Lipinski definition) is 2. The van der Waals surface area contributed by atoms with E-state index in [1.807, 2.05) is 6.07 Å². The van der Waals surface area contributed by atoms with Gasteiger partial charge in [-0.15, -0.1) is 5.11 Å². The normalized spacial score (nSPS) is 10.9. The molecule has 2 N–H and O–H groups in total. The van der Waals surface area contributed by atoms with Crippen molar-refractivity contribution in [2.75, 3.05) is 0 Å². The summed E-state index contributed by atoms with van der Waals surface area (Å²) in [5.74, 6) is -0.913. The molecule has 0 spiro atoms. The first-order chi connectivity index (χ1) is 10.1. The zero-order valence-corrected chi connectivity index (χ0v) is 11.7. The number of aryl methyl sites for hydroxylation is 1. The summed E-state index contributed by atoms with van der Waals surface area (Å²) < 4.78 is 0. The van der Waals surface area contributed by atoms with Gasteiger partial charge in [0.2, 0.25) is 0 Å². The summed E-state index contributed by atoms with van der Waals surface area (Å²) in [5.41, 5.74) is 2.22. The zero-order valence-electron chi connectivity index (χ0n) is 11.7. The molecule has 0 amide bonds. The van der Waals surface area contributed by atoms with Crippen molar-refractivity contribution in [2.45, 2.75) is 19.8 Å². The Morgan fingerprint density at radius 2 is 1.81 bits per heavy atom. The second kappa shape index (κ2) is 6.65. The second-order valence-electron chi connectivity index (χ2n) is 4.63. The van der Waals surface area contributed by atoms with Crippen LogP contribution in [-0.4, -0.2) is 16.2 Å². The van der Waals surface area contributed by atoms with E-state index in [-0.39, 0.29) is 11.3 Å². The van der Waals surface area contributed by atoms with E-state index in [2.05, 4.69) is 17.2 Å². The monoisotopic (exact) mass is 284 g/mol. The summed E-state index contributed by atoms with van der Waals surface area (Å²) in [7, 11) is 0. The Balaban J connectivity index is 2.20. The minimum atomic E-state index is -0.983. The van der Waals surface area contributed by atoms with E-state index in [0.29, 0.717) is 11.4 Å². The van der Waals surface area contributed by atoms with Crippen LogP contribution in [0, 0.1) is 0 Å². The van der Waals surface area contributed by atoms with Crippen molar-refractivity contribution in [3.8, 4) is 5.75 Å². The summed E-state index contributed by atoms with van der Waals surface area (Å²) in [4.78, 5) is 10.7. The highest BCUT2D eigenvalue weighted by Gasteiger charge is 2.03. The van der Waals surface area contributed by atoms with Crippen LogP contribution in [-0.2, 0) is 6.42 Å². The van der Waals surface area contributed by atoms with Gasteiger partial charge in [0.1, 0.15) is 11.4 Å². The molecule has 5 nitrogen and oxygen atoms in total. The van der Waals surface area contributed by atoms with E-state index in [1.54, 1.807) is 24.3 Å². The number of carbonyl (C=O) groups is 1. The molecule has 0 bridgehead atoms. The quantitative estimate of drug-likeness (QED) is 0.795. The molecule has 0 saturated heterocycles. The van der Waals surface area contributed by atoms with E-state index in [4.69, 9.17) is 5.11 Å². The summed E-state index contributed by atoms with van der Waals surface area (Å²) in [6, 6.07) is 11.3. The maximum atomic E-state index is 10.7. The first-order valence-electron chi connectivity index (χ1n) is 6.67. The molecule has 0 aliphatic rings. The lowest BCUT2D eigenvalue weighted by atomic mass is 10.1. The smallest absolute Gasteiger partial charge is 0.335 e. The van der Waals surface area contributed by atoms with Gasteiger partial charge in [-0.2, -0.15) is 5.11 Å². The minimum Gasteiger partial charge on any atom is -0.506 e. The van der Waals surface area contributed by atoms with Gasteiger partial charge in [0.15, 0.2) is 0 Å². The number of phenolic OH excluding ortho intramolecular Hbond substituents is 1. The summed E-state index contributed by atoms with van der Waals surface area (Å²) in [6.45, 7) is 2.08. The van der Waals surface area contributed by atoms with E-state index >= 15 is 0 Å². The van der Waals surface area contributed by atoms with Gasteiger partial charge in [-0.25, -0.2) is 4.79 Å². The molecule has 0 radical (unpaired) electrons. The van der Waals surface area contributed by atoms with Crippen molar-refractivity contribution in [1.29, 1.82) is 0 Å². The van der Waals surface area contributed by atoms with Gasteiger partial charge in [0, 0.05) is 0 Å². The molecule has 2 rings (SSSR count). The van der Waals surface area contributed by atoms with Gasteiger partial charge in [0.05, 0.1) is 11.3 Å². The van der Waals surface area contributed by atoms with Crippen LogP contribution in [0.25, 0.3) is 0 Å². The Kier molecular flexibility index (Phi) is 4.66. The Morgan fingerprint density at radius 1 is 1.10 bits per heavy atom. The van der Waals surface area contributed by atoms with Gasteiger partial charge >= 0.3 is 5.97 Å². The fraction of sp³-hybridized carbons (Fsp3) is 0.188. The van der Waals surface area contributed by atoms with Gasteiger partial charge in [0.25, 0.3) is 0 Å². The topological polar surface area (TPSA) is 82.2 Å². The van der Waals surface area contributed by atoms with Crippen LogP contribution >= 0.6 is 0 Å². The molecule has 0 heterocycles. The average Bonchev–Trinajstić information content (AvgIpc) is 2.48. The van der Waals surface area contributed by atoms with Crippen molar-refractivity contribution in [2.24, 2.45) is 10.2 Å². The standard InChI is InChI=1S/C16H16N2O3/c1-2-3-11-4-9-15(19)14(10-11)18-17-13-7-5-12(6-8-13)16(20)21/h4-10,19H,2-3H2,1H3,(H,20,21)/b18-17+. The highest BCUT2D eigenvalue weighted by molar-refractivity contribution is 5.87. The van der Waals surface area contributed by atoms with Crippen LogP contribution in [0.5, 0.6) is 5.75 Å². The molecule has 0 unspecified atom stereocenters. The number of carboxylic acids is 1. The van der Waals surface area contributed by atoms with E-state index < -0.39 is 5.97 Å². The Morgan fingerprint density at radius 3 is 2.43 bits per heavy atom. The molecule has 0 fully saturated rings. The zero-order chi connectivity index (χ0) is 15.2. The number of benzene rings is 2. The fourth-order valence-corrected chi connectivity index (χ4v) is 1.88. The van der Waals surface area contributed by atoms with Crippen molar-refractivity contribution in [3.05, 3.63) is 53.6 Å². The van der Waals surface area contributed by atoms with E-state index in [1.165, 1.54) is 12.1 Å². The van der Waals surface area contributed by atoms with Crippen LogP contribution in [0.1, 0.15) is 29.3 Å². The van der Waals surface area contributed by atoms with Crippen molar-refractivity contribution in [3.63, 3.8) is 0 Å². The lowest BCUT2D eigenvalue weighted by Crippen LogP contribution is -1.93. The summed E-state index contributed by atoms with van der Waals surface area (Å²) in [6.07, 6.45) is 1.92. The maximum absolute atomic E-state index is 10.7. The molecule has 21 heavy (non-hydrogen) atoms. The predicted molar refractivity (Wildman–Crippen MR) is 79.7 cm³/mol. The van der Waals surface area contributed by atoms with Crippen molar-refractivity contribution in [1.82, 2.24) is 0 Å². The van der Waals surface area contributed by atoms with Crippen LogP contribution in [0.4, 0.5) is 11.4 Å². The maximum Gasteiger partial charge on any atom is 0.335 e. The largest absolute Gasteiger partial charge is 0.506 e. The molecule has 5 heteroatoms. The molecule has 0 aliphatic carbocycles. The Bertz CT molecular complexity index is 664. The van der Waals surface area contributed by atoms with Crippen molar-refractivity contribution < 1.29 is 15.0 Å². The number of aromatic hydroxyl groups is 1. The van der Waals surface area contributed by atoms with Crippen LogP contribution < -0.4 is 0 Å². The fourth-order valence-electron chi connectivity index (χ4n) is 1.88. The number of carboxylic acid groups (broad SMARTS) is 1. The van der Waals surface area contributed by atoms with Crippen LogP contribution in [0.2, 0.25) is 0 Å². The van der Waals surface area contributed by atoms with Crippen LogP contribution in [0.15, 0.2) is 52.7 Å². The molecule has 2 aromatic rings. The number of nitrogens with zero attached hydrogens (tertiary/aromatic N) is 2. The average molecular weight is 284 g/mol. The predicted octanol–water partition coefficient (Wildman–Crippen LogP) is 4.46. The second-order valence-corrected chi connectivity index (χ2v) is 4.63. The van der Waals surface area contributed by atoms with Gasteiger partial charge in [-0.05, 0) is 48.4 Å². The molecule has 0 saturated carbocycles. The summed E-state index contributed by atoms with van der Waals surface area (Å²) in [5, 5.41) is 26.6. The van der Waals surface area contributed by atoms with Crippen molar-refractivity contribution >= 4 is 17.3 Å². The number of aromatic carboxylic acids is 1. The third kappa shape index (κ3) is 3.89. The highest BCUT2D eigenvalue weighted by atomic mass is 16.4. The highest BCUT2D eigenvalue weighted by Crippen LogP contribution is 2.29. The molecular formula is C16H16N2O3. The van der Waals surface area contributed by atoms with E-state index in [9.17, 15) is 9.90 Å². The molecule has 0 aromatic heterocycles. The SMILES string of the molecule is CCCc1ccc(O)c(/N=N/c2ccc(C(=O)O)cc2)c1. The minimum absolute atomic E-state index is 0.0701. The molecule has 108 valence electrons. The summed E-state index contributed by atoms with van der Waals surface area (Å²) >= 11 is 0. The Hall–Kier alpha value is -2.69. The molecule has 2 aromatic carbocycles. The van der Waals surface area contributed by atoms with Gasteiger partial charge in [-0.1, -0.05) is 19.4 Å². The lowest BCUT2D eigenvalue weighted by Gasteiger charge is -2.02. The molecule has 0 aliphatic heterocycles. The molecule has 0 atom stereocenters. The van der Waals surface area contributed by atoms with Crippen LogP contribution in [0.3, 0.4) is 0 Å². The first-order valence-corrected chi connectivity index (χ1v) is 6.67. The number of hydrogen-bond acceptors (Lipinski definition) is 4. The van der Waals surface area contributed by atoms with Gasteiger partial charge in [-0.3, -0.25) is 0 Å². The lowest BCUT2D eigenvalue weighted by molar-refractivity contribution is 0.0697. The third-order valence-corrected chi connectivity index (χ3v) is 2.97. The number of azo groups is 1. The van der Waals surface area contributed by atoms with E-state index in [0.717, 1.165) is 18.4 Å². The first kappa shape index (κ1) is 14.7. The molecular weight excluding hydrogens is 268 g/mol.